The third kappa shape index (κ3) is 6.73. The molecule has 152 valence electrons. The van der Waals surface area contributed by atoms with E-state index < -0.39 is 23.8 Å². The second-order valence-electron chi connectivity index (χ2n) is 6.60. The van der Waals surface area contributed by atoms with Crippen LogP contribution in [-0.4, -0.2) is 28.9 Å². The average molecular weight is 480 g/mol. The number of carbonyl (C=O) groups excluding carboxylic acids is 2. The average Bonchev–Trinajstić information content (AvgIpc) is 2.67. The van der Waals surface area contributed by atoms with Gasteiger partial charge >= 0.3 is 5.97 Å². The highest BCUT2D eigenvalue weighted by molar-refractivity contribution is 9.10. The summed E-state index contributed by atoms with van der Waals surface area (Å²) in [6, 6.07) is 12.2. The SMILES string of the molecule is CC(C)[C@@H](NC(=O)/C(=C\c1ccc(Cl)cc1)NC(=O)c1ccc(Br)cc1)C(=O)O. The second kappa shape index (κ2) is 10.2. The van der Waals surface area contributed by atoms with Crippen LogP contribution < -0.4 is 10.6 Å². The fourth-order valence-corrected chi connectivity index (χ4v) is 2.80. The molecule has 1 atom stereocenters. The van der Waals surface area contributed by atoms with Crippen molar-refractivity contribution >= 4 is 51.4 Å². The normalized spacial score (nSPS) is 12.4. The van der Waals surface area contributed by atoms with Gasteiger partial charge in [-0.2, -0.15) is 0 Å². The first kappa shape index (κ1) is 22.6. The lowest BCUT2D eigenvalue weighted by Crippen LogP contribution is -2.47. The van der Waals surface area contributed by atoms with E-state index in [-0.39, 0.29) is 11.6 Å². The molecule has 0 aliphatic rings. The highest BCUT2D eigenvalue weighted by Gasteiger charge is 2.25. The summed E-state index contributed by atoms with van der Waals surface area (Å²) >= 11 is 9.19. The van der Waals surface area contributed by atoms with Crippen molar-refractivity contribution in [2.24, 2.45) is 5.92 Å². The van der Waals surface area contributed by atoms with E-state index in [4.69, 9.17) is 11.6 Å². The Morgan fingerprint density at radius 3 is 2.14 bits per heavy atom. The van der Waals surface area contributed by atoms with Crippen LogP contribution in [0.25, 0.3) is 6.08 Å². The number of halogens is 2. The number of carboxylic acids is 1. The molecule has 0 heterocycles. The Morgan fingerprint density at radius 1 is 1.03 bits per heavy atom. The van der Waals surface area contributed by atoms with E-state index in [0.29, 0.717) is 16.1 Å². The number of hydrogen-bond acceptors (Lipinski definition) is 3. The Bertz CT molecular complexity index is 925. The minimum atomic E-state index is -1.15. The van der Waals surface area contributed by atoms with E-state index >= 15 is 0 Å². The van der Waals surface area contributed by atoms with E-state index in [1.165, 1.54) is 6.08 Å². The van der Waals surface area contributed by atoms with Gasteiger partial charge in [0.15, 0.2) is 0 Å². The van der Waals surface area contributed by atoms with Gasteiger partial charge in [-0.1, -0.05) is 53.5 Å². The quantitative estimate of drug-likeness (QED) is 0.521. The van der Waals surface area contributed by atoms with Crippen molar-refractivity contribution in [2.75, 3.05) is 0 Å². The first-order valence-corrected chi connectivity index (χ1v) is 9.92. The number of aliphatic carboxylic acids is 1. The molecule has 0 fully saturated rings. The maximum absolute atomic E-state index is 12.8. The monoisotopic (exact) mass is 478 g/mol. The fraction of sp³-hybridized carbons (Fsp3) is 0.190. The standard InChI is InChI=1S/C21H20BrClN2O4/c1-12(2)18(21(28)29)25-20(27)17(11-13-3-9-16(23)10-4-13)24-19(26)14-5-7-15(22)8-6-14/h3-12,18H,1-2H3,(H,24,26)(H,25,27)(H,28,29)/b17-11+/t18-/m1/s1. The van der Waals surface area contributed by atoms with Crippen LogP contribution in [0.5, 0.6) is 0 Å². The van der Waals surface area contributed by atoms with Gasteiger partial charge < -0.3 is 15.7 Å². The molecule has 0 aliphatic heterocycles. The van der Waals surface area contributed by atoms with Crippen LogP contribution in [0.1, 0.15) is 29.8 Å². The maximum Gasteiger partial charge on any atom is 0.326 e. The lowest BCUT2D eigenvalue weighted by molar-refractivity contribution is -0.142. The van der Waals surface area contributed by atoms with Gasteiger partial charge in [-0.3, -0.25) is 9.59 Å². The number of benzene rings is 2. The van der Waals surface area contributed by atoms with Crippen molar-refractivity contribution in [1.82, 2.24) is 10.6 Å². The Kier molecular flexibility index (Phi) is 7.99. The smallest absolute Gasteiger partial charge is 0.326 e. The van der Waals surface area contributed by atoms with Gasteiger partial charge in [0.05, 0.1) is 0 Å². The molecule has 0 aromatic heterocycles. The van der Waals surface area contributed by atoms with Crippen LogP contribution in [0.15, 0.2) is 58.7 Å². The number of carboxylic acid groups (broad SMARTS) is 1. The van der Waals surface area contributed by atoms with E-state index in [1.807, 2.05) is 0 Å². The van der Waals surface area contributed by atoms with Crippen LogP contribution in [0.4, 0.5) is 0 Å². The molecule has 0 aliphatic carbocycles. The van der Waals surface area contributed by atoms with Crippen LogP contribution in [0.2, 0.25) is 5.02 Å². The molecule has 2 rings (SSSR count). The predicted molar refractivity (Wildman–Crippen MR) is 115 cm³/mol. The number of nitrogens with one attached hydrogen (secondary N) is 2. The van der Waals surface area contributed by atoms with Gasteiger partial charge in [-0.05, 0) is 54.0 Å². The van der Waals surface area contributed by atoms with Crippen molar-refractivity contribution in [1.29, 1.82) is 0 Å². The summed E-state index contributed by atoms with van der Waals surface area (Å²) in [5.41, 5.74) is 0.890. The zero-order chi connectivity index (χ0) is 21.6. The first-order valence-electron chi connectivity index (χ1n) is 8.75. The summed E-state index contributed by atoms with van der Waals surface area (Å²) in [7, 11) is 0. The Balaban J connectivity index is 2.33. The van der Waals surface area contributed by atoms with E-state index in [2.05, 4.69) is 26.6 Å². The van der Waals surface area contributed by atoms with Crippen molar-refractivity contribution < 1.29 is 19.5 Å². The number of carbonyl (C=O) groups is 3. The molecule has 0 spiro atoms. The Hall–Kier alpha value is -2.64. The topological polar surface area (TPSA) is 95.5 Å². The summed E-state index contributed by atoms with van der Waals surface area (Å²) in [5.74, 6) is -2.69. The van der Waals surface area contributed by atoms with Crippen LogP contribution in [-0.2, 0) is 9.59 Å². The van der Waals surface area contributed by atoms with Crippen LogP contribution in [0.3, 0.4) is 0 Å². The molecule has 0 saturated heterocycles. The van der Waals surface area contributed by atoms with Gasteiger partial charge in [0.2, 0.25) is 0 Å². The summed E-state index contributed by atoms with van der Waals surface area (Å²) in [4.78, 5) is 36.8. The maximum atomic E-state index is 12.8. The molecule has 8 heteroatoms. The number of rotatable bonds is 7. The summed E-state index contributed by atoms with van der Waals surface area (Å²) in [6.07, 6.45) is 1.46. The molecule has 2 amide bonds. The zero-order valence-electron chi connectivity index (χ0n) is 15.8. The van der Waals surface area contributed by atoms with Gasteiger partial charge in [0.1, 0.15) is 11.7 Å². The molecule has 0 radical (unpaired) electrons. The molecule has 0 unspecified atom stereocenters. The minimum absolute atomic E-state index is 0.0767. The van der Waals surface area contributed by atoms with Crippen molar-refractivity contribution in [3.05, 3.63) is 74.9 Å². The second-order valence-corrected chi connectivity index (χ2v) is 7.96. The summed E-state index contributed by atoms with van der Waals surface area (Å²) in [6.45, 7) is 3.37. The number of amides is 2. The van der Waals surface area contributed by atoms with E-state index in [9.17, 15) is 19.5 Å². The lowest BCUT2D eigenvalue weighted by Gasteiger charge is -2.19. The molecule has 0 saturated carbocycles. The predicted octanol–water partition coefficient (Wildman–Crippen LogP) is 4.10. The molecule has 2 aromatic carbocycles. The highest BCUT2D eigenvalue weighted by Crippen LogP contribution is 2.14. The van der Waals surface area contributed by atoms with Gasteiger partial charge in [0.25, 0.3) is 11.8 Å². The third-order valence-electron chi connectivity index (χ3n) is 4.00. The largest absolute Gasteiger partial charge is 0.480 e. The molecule has 29 heavy (non-hydrogen) atoms. The van der Waals surface area contributed by atoms with E-state index in [0.717, 1.165) is 4.47 Å². The van der Waals surface area contributed by atoms with Gasteiger partial charge in [0, 0.05) is 15.1 Å². The first-order chi connectivity index (χ1) is 13.7. The number of hydrogen-bond donors (Lipinski definition) is 3. The van der Waals surface area contributed by atoms with Crippen LogP contribution in [0, 0.1) is 5.92 Å². The van der Waals surface area contributed by atoms with Crippen molar-refractivity contribution in [3.8, 4) is 0 Å². The van der Waals surface area contributed by atoms with Gasteiger partial charge in [-0.15, -0.1) is 0 Å². The fourth-order valence-electron chi connectivity index (χ4n) is 2.41. The zero-order valence-corrected chi connectivity index (χ0v) is 18.1. The molecule has 3 N–H and O–H groups in total. The van der Waals surface area contributed by atoms with Crippen LogP contribution >= 0.6 is 27.5 Å². The Labute approximate surface area is 182 Å². The third-order valence-corrected chi connectivity index (χ3v) is 4.78. The lowest BCUT2D eigenvalue weighted by atomic mass is 10.0. The molecular formula is C21H20BrClN2O4. The molecule has 2 aromatic rings. The summed E-state index contributed by atoms with van der Waals surface area (Å²) < 4.78 is 0.810. The Morgan fingerprint density at radius 2 is 1.62 bits per heavy atom. The minimum Gasteiger partial charge on any atom is -0.480 e. The van der Waals surface area contributed by atoms with Gasteiger partial charge in [-0.25, -0.2) is 4.79 Å². The highest BCUT2D eigenvalue weighted by atomic mass is 79.9. The molecular weight excluding hydrogens is 460 g/mol. The van der Waals surface area contributed by atoms with Crippen molar-refractivity contribution in [3.63, 3.8) is 0 Å². The van der Waals surface area contributed by atoms with E-state index in [1.54, 1.807) is 62.4 Å². The molecule has 6 nitrogen and oxygen atoms in total. The summed E-state index contributed by atoms with van der Waals surface area (Å²) in [5, 5.41) is 14.9. The van der Waals surface area contributed by atoms with Crippen molar-refractivity contribution in [2.45, 2.75) is 19.9 Å². The molecule has 0 bridgehead atoms.